The molecule has 0 aliphatic heterocycles. The van der Waals surface area contributed by atoms with E-state index in [-0.39, 0.29) is 0 Å². The number of nitrogens with zero attached hydrogens (tertiary/aromatic N) is 4. The van der Waals surface area contributed by atoms with E-state index in [4.69, 9.17) is 19.4 Å². The summed E-state index contributed by atoms with van der Waals surface area (Å²) in [6.07, 6.45) is 0. The minimum Gasteiger partial charge on any atom is -0.456 e. The molecule has 266 valence electrons. The first-order chi connectivity index (χ1) is 28.2. The van der Waals surface area contributed by atoms with Crippen LogP contribution in [-0.4, -0.2) is 19.5 Å². The molecular formula is C51H30N4OS. The molecule has 0 unspecified atom stereocenters. The van der Waals surface area contributed by atoms with Gasteiger partial charge in [0.15, 0.2) is 17.5 Å². The summed E-state index contributed by atoms with van der Waals surface area (Å²) in [4.78, 5) is 14.9. The molecule has 0 spiro atoms. The van der Waals surface area contributed by atoms with E-state index in [2.05, 4.69) is 126 Å². The molecular weight excluding hydrogens is 717 g/mol. The number of benzene rings is 8. The first-order valence-electron chi connectivity index (χ1n) is 19.0. The molecule has 12 aromatic rings. The van der Waals surface area contributed by atoms with E-state index in [1.165, 1.54) is 47.5 Å². The number of aromatic nitrogens is 4. The number of hydrogen-bond acceptors (Lipinski definition) is 5. The lowest BCUT2D eigenvalue weighted by molar-refractivity contribution is 0.669. The summed E-state index contributed by atoms with van der Waals surface area (Å²) in [5.41, 5.74) is 10.5. The van der Waals surface area contributed by atoms with Crippen molar-refractivity contribution in [3.05, 3.63) is 182 Å². The third kappa shape index (κ3) is 5.12. The molecule has 12 rings (SSSR count). The van der Waals surface area contributed by atoms with Gasteiger partial charge in [-0.05, 0) is 59.7 Å². The van der Waals surface area contributed by atoms with E-state index in [1.807, 2.05) is 72.0 Å². The van der Waals surface area contributed by atoms with Gasteiger partial charge in [0.25, 0.3) is 0 Å². The minimum atomic E-state index is 0.653. The van der Waals surface area contributed by atoms with E-state index in [9.17, 15) is 0 Å². The molecule has 6 heteroatoms. The molecule has 0 atom stereocenters. The van der Waals surface area contributed by atoms with Crippen LogP contribution in [0.3, 0.4) is 0 Å². The van der Waals surface area contributed by atoms with Gasteiger partial charge in [-0.15, -0.1) is 11.3 Å². The first kappa shape index (κ1) is 31.9. The lowest BCUT2D eigenvalue weighted by Crippen LogP contribution is -1.99. The second-order valence-corrected chi connectivity index (χ2v) is 15.4. The lowest BCUT2D eigenvalue weighted by Gasteiger charge is -2.08. The van der Waals surface area contributed by atoms with E-state index in [1.54, 1.807) is 0 Å². The Bertz CT molecular complexity index is 3420. The molecule has 0 saturated carbocycles. The van der Waals surface area contributed by atoms with Crippen LogP contribution in [0.4, 0.5) is 0 Å². The summed E-state index contributed by atoms with van der Waals surface area (Å²) < 4.78 is 11.2. The van der Waals surface area contributed by atoms with E-state index >= 15 is 0 Å². The molecule has 0 aliphatic carbocycles. The fourth-order valence-corrected chi connectivity index (χ4v) is 9.65. The van der Waals surface area contributed by atoms with Gasteiger partial charge in [-0.25, -0.2) is 15.0 Å². The Balaban J connectivity index is 0.984. The third-order valence-electron chi connectivity index (χ3n) is 11.1. The topological polar surface area (TPSA) is 56.7 Å². The summed E-state index contributed by atoms with van der Waals surface area (Å²) >= 11 is 1.81. The molecule has 0 saturated heterocycles. The molecule has 0 N–H and O–H groups in total. The Labute approximate surface area is 330 Å². The zero-order chi connectivity index (χ0) is 37.5. The van der Waals surface area contributed by atoms with Crippen LogP contribution in [0, 0.1) is 0 Å². The molecule has 0 radical (unpaired) electrons. The van der Waals surface area contributed by atoms with Crippen LogP contribution in [0.1, 0.15) is 0 Å². The number of rotatable bonds is 5. The molecule has 0 fully saturated rings. The Kier molecular flexibility index (Phi) is 7.03. The van der Waals surface area contributed by atoms with Crippen LogP contribution in [-0.2, 0) is 0 Å². The summed E-state index contributed by atoms with van der Waals surface area (Å²) in [5.74, 6) is 1.96. The van der Waals surface area contributed by atoms with Crippen molar-refractivity contribution in [2.45, 2.75) is 0 Å². The quantitative estimate of drug-likeness (QED) is 0.176. The Morgan fingerprint density at radius 2 is 0.947 bits per heavy atom. The Morgan fingerprint density at radius 1 is 0.386 bits per heavy atom. The maximum Gasteiger partial charge on any atom is 0.164 e. The highest BCUT2D eigenvalue weighted by molar-refractivity contribution is 7.26. The van der Waals surface area contributed by atoms with E-state index in [0.29, 0.717) is 17.5 Å². The van der Waals surface area contributed by atoms with Crippen LogP contribution >= 0.6 is 11.3 Å². The second-order valence-electron chi connectivity index (χ2n) is 14.4. The predicted molar refractivity (Wildman–Crippen MR) is 236 cm³/mol. The normalized spacial score (nSPS) is 11.9. The maximum absolute atomic E-state index is 6.43. The van der Waals surface area contributed by atoms with Crippen LogP contribution in [0.25, 0.3) is 115 Å². The highest BCUT2D eigenvalue weighted by atomic mass is 32.1. The highest BCUT2D eigenvalue weighted by Gasteiger charge is 2.18. The predicted octanol–water partition coefficient (Wildman–Crippen LogP) is 13.9. The fourth-order valence-electron chi connectivity index (χ4n) is 8.38. The van der Waals surface area contributed by atoms with Crippen molar-refractivity contribution in [2.75, 3.05) is 0 Å². The van der Waals surface area contributed by atoms with Crippen LogP contribution < -0.4 is 0 Å². The van der Waals surface area contributed by atoms with Crippen LogP contribution in [0.5, 0.6) is 0 Å². The van der Waals surface area contributed by atoms with Gasteiger partial charge in [0.2, 0.25) is 0 Å². The molecule has 0 amide bonds. The van der Waals surface area contributed by atoms with Crippen molar-refractivity contribution in [3.63, 3.8) is 0 Å². The second kappa shape index (κ2) is 12.6. The average Bonchev–Trinajstić information content (AvgIpc) is 3.95. The SMILES string of the molecule is c1ccc(-c2nc(-c3ccccc3)nc(-c3ccc4c(c3)sc3c(-c5ccc6oc7ccc(-n8c9ccccc9c9ccccc98)cc7c6c5)cccc34)n2)cc1. The number of thiophene rings is 1. The van der Waals surface area contributed by atoms with Gasteiger partial charge >= 0.3 is 0 Å². The molecule has 57 heavy (non-hydrogen) atoms. The first-order valence-corrected chi connectivity index (χ1v) is 19.8. The molecule has 4 heterocycles. The van der Waals surface area contributed by atoms with Gasteiger partial charge in [0, 0.05) is 64.1 Å². The Morgan fingerprint density at radius 3 is 1.63 bits per heavy atom. The van der Waals surface area contributed by atoms with Gasteiger partial charge in [-0.1, -0.05) is 133 Å². The van der Waals surface area contributed by atoms with Gasteiger partial charge in [0.1, 0.15) is 11.2 Å². The third-order valence-corrected chi connectivity index (χ3v) is 12.3. The van der Waals surface area contributed by atoms with Crippen LogP contribution in [0.2, 0.25) is 0 Å². The summed E-state index contributed by atoms with van der Waals surface area (Å²) in [6, 6.07) is 63.8. The smallest absolute Gasteiger partial charge is 0.164 e. The molecule has 8 aromatic carbocycles. The van der Waals surface area contributed by atoms with Gasteiger partial charge in [-0.2, -0.15) is 0 Å². The van der Waals surface area contributed by atoms with Gasteiger partial charge in [-0.3, -0.25) is 0 Å². The standard InChI is InChI=1S/C51H30N4OS/c1-3-12-31(13-4-1)49-52-50(32-14-5-2-6-15-32)54-51(53-49)34-22-25-39-40-19-11-18-36(48(40)57-47(39)29-34)33-23-26-45-41(28-33)42-30-35(24-27-46(42)56-45)55-43-20-9-7-16-37(43)38-17-8-10-21-44(38)55/h1-30H. The molecule has 0 bridgehead atoms. The number of hydrogen-bond donors (Lipinski definition) is 0. The zero-order valence-electron chi connectivity index (χ0n) is 30.4. The fraction of sp³-hybridized carbons (Fsp3) is 0. The lowest BCUT2D eigenvalue weighted by atomic mass is 10.00. The number of para-hydroxylation sites is 2. The number of fused-ring (bicyclic) bond motifs is 9. The monoisotopic (exact) mass is 746 g/mol. The number of furan rings is 1. The minimum absolute atomic E-state index is 0.653. The maximum atomic E-state index is 6.43. The average molecular weight is 747 g/mol. The zero-order valence-corrected chi connectivity index (χ0v) is 31.2. The highest BCUT2D eigenvalue weighted by Crippen LogP contribution is 2.43. The van der Waals surface area contributed by atoms with Crippen molar-refractivity contribution in [1.29, 1.82) is 0 Å². The van der Waals surface area contributed by atoms with E-state index < -0.39 is 0 Å². The van der Waals surface area contributed by atoms with Gasteiger partial charge in [0.05, 0.1) is 11.0 Å². The van der Waals surface area contributed by atoms with E-state index in [0.717, 1.165) is 49.9 Å². The van der Waals surface area contributed by atoms with Crippen molar-refractivity contribution in [2.24, 2.45) is 0 Å². The molecule has 0 aliphatic rings. The van der Waals surface area contributed by atoms with Crippen molar-refractivity contribution >= 4 is 75.3 Å². The summed E-state index contributed by atoms with van der Waals surface area (Å²) in [5, 5.41) is 7.14. The van der Waals surface area contributed by atoms with Crippen LogP contribution in [0.15, 0.2) is 186 Å². The van der Waals surface area contributed by atoms with Crippen molar-refractivity contribution in [1.82, 2.24) is 19.5 Å². The largest absolute Gasteiger partial charge is 0.456 e. The molecule has 5 nitrogen and oxygen atoms in total. The Hall–Kier alpha value is -7.41. The van der Waals surface area contributed by atoms with Gasteiger partial charge < -0.3 is 8.98 Å². The van der Waals surface area contributed by atoms with Crippen molar-refractivity contribution < 1.29 is 4.42 Å². The van der Waals surface area contributed by atoms with Crippen molar-refractivity contribution in [3.8, 4) is 51.0 Å². The summed E-state index contributed by atoms with van der Waals surface area (Å²) in [6.45, 7) is 0. The molecule has 4 aromatic heterocycles. The summed E-state index contributed by atoms with van der Waals surface area (Å²) in [7, 11) is 0.